The number of aromatic nitrogens is 1. The Morgan fingerprint density at radius 1 is 1.12 bits per heavy atom. The van der Waals surface area contributed by atoms with Gasteiger partial charge in [0.05, 0.1) is 23.9 Å². The minimum Gasteiger partial charge on any atom is -0.497 e. The van der Waals surface area contributed by atoms with Crippen molar-refractivity contribution in [2.24, 2.45) is 4.99 Å². The first kappa shape index (κ1) is 16.4. The van der Waals surface area contributed by atoms with E-state index in [1.165, 1.54) is 11.3 Å². The van der Waals surface area contributed by atoms with Crippen LogP contribution < -0.4 is 9.54 Å². The first-order chi connectivity index (χ1) is 11.7. The lowest BCUT2D eigenvalue weighted by atomic mass is 10.2. The average Bonchev–Trinajstić information content (AvgIpc) is 2.97. The van der Waals surface area contributed by atoms with Crippen LogP contribution in [-0.2, 0) is 11.3 Å². The van der Waals surface area contributed by atoms with E-state index in [2.05, 4.69) is 4.99 Å². The summed E-state index contributed by atoms with van der Waals surface area (Å²) in [5.41, 5.74) is 1.59. The number of carbonyl (C=O) groups is 1. The van der Waals surface area contributed by atoms with E-state index in [-0.39, 0.29) is 5.91 Å². The summed E-state index contributed by atoms with van der Waals surface area (Å²) in [5, 5.41) is 0. The zero-order chi connectivity index (χ0) is 16.9. The third-order valence-corrected chi connectivity index (χ3v) is 4.70. The van der Waals surface area contributed by atoms with E-state index in [1.807, 2.05) is 28.8 Å². The molecule has 0 saturated heterocycles. The van der Waals surface area contributed by atoms with E-state index >= 15 is 0 Å². The van der Waals surface area contributed by atoms with E-state index in [0.717, 1.165) is 10.2 Å². The van der Waals surface area contributed by atoms with Crippen LogP contribution in [0.3, 0.4) is 0 Å². The van der Waals surface area contributed by atoms with Crippen LogP contribution in [-0.4, -0.2) is 31.3 Å². The number of amides is 1. The first-order valence-corrected chi connectivity index (χ1v) is 8.35. The highest BCUT2D eigenvalue weighted by Crippen LogP contribution is 2.17. The molecule has 1 heterocycles. The molecule has 0 aliphatic rings. The van der Waals surface area contributed by atoms with Crippen molar-refractivity contribution in [2.45, 2.75) is 6.54 Å². The van der Waals surface area contributed by atoms with E-state index in [4.69, 9.17) is 9.47 Å². The van der Waals surface area contributed by atoms with Crippen LogP contribution in [0.15, 0.2) is 53.5 Å². The Kier molecular flexibility index (Phi) is 5.08. The number of para-hydroxylation sites is 1. The van der Waals surface area contributed by atoms with Gasteiger partial charge in [0.2, 0.25) is 0 Å². The molecule has 24 heavy (non-hydrogen) atoms. The fourth-order valence-corrected chi connectivity index (χ4v) is 3.44. The van der Waals surface area contributed by atoms with Gasteiger partial charge >= 0.3 is 0 Å². The Morgan fingerprint density at radius 2 is 1.88 bits per heavy atom. The molecule has 0 aliphatic heterocycles. The van der Waals surface area contributed by atoms with E-state index in [0.29, 0.717) is 29.3 Å². The molecule has 124 valence electrons. The summed E-state index contributed by atoms with van der Waals surface area (Å²) in [5.74, 6) is 0.443. The Balaban J connectivity index is 2.02. The van der Waals surface area contributed by atoms with Gasteiger partial charge in [0.1, 0.15) is 5.75 Å². The second kappa shape index (κ2) is 7.42. The standard InChI is InChI=1S/C18H18N2O3S/c1-22-12-11-20-15-5-3-4-6-16(15)24-18(20)19-17(21)13-7-9-14(23-2)10-8-13/h3-10H,11-12H2,1-2H3. The van der Waals surface area contributed by atoms with Crippen LogP contribution in [0, 0.1) is 0 Å². The maximum atomic E-state index is 12.5. The fourth-order valence-electron chi connectivity index (χ4n) is 2.39. The molecular formula is C18H18N2O3S. The first-order valence-electron chi connectivity index (χ1n) is 7.53. The Hall–Kier alpha value is -2.44. The number of thiazole rings is 1. The van der Waals surface area contributed by atoms with E-state index < -0.39 is 0 Å². The molecule has 3 rings (SSSR count). The van der Waals surface area contributed by atoms with Crippen molar-refractivity contribution in [1.82, 2.24) is 4.57 Å². The second-order valence-corrected chi connectivity index (χ2v) is 6.15. The van der Waals surface area contributed by atoms with Crippen LogP contribution in [0.2, 0.25) is 0 Å². The third kappa shape index (κ3) is 3.39. The summed E-state index contributed by atoms with van der Waals surface area (Å²) < 4.78 is 13.4. The molecule has 3 aromatic rings. The predicted octanol–water partition coefficient (Wildman–Crippen LogP) is 3.10. The van der Waals surface area contributed by atoms with Gasteiger partial charge in [-0.3, -0.25) is 4.79 Å². The SMILES string of the molecule is COCCn1c(=NC(=O)c2ccc(OC)cc2)sc2ccccc21. The molecular weight excluding hydrogens is 324 g/mol. The van der Waals surface area contributed by atoms with Gasteiger partial charge in [-0.2, -0.15) is 4.99 Å². The summed E-state index contributed by atoms with van der Waals surface area (Å²) in [4.78, 5) is 17.5. The number of benzene rings is 2. The molecule has 5 nitrogen and oxygen atoms in total. The van der Waals surface area contributed by atoms with Crippen molar-refractivity contribution >= 4 is 27.5 Å². The summed E-state index contributed by atoms with van der Waals surface area (Å²) in [6.45, 7) is 1.21. The highest BCUT2D eigenvalue weighted by atomic mass is 32.1. The van der Waals surface area contributed by atoms with Gasteiger partial charge in [-0.1, -0.05) is 23.5 Å². The van der Waals surface area contributed by atoms with Gasteiger partial charge in [0.15, 0.2) is 4.80 Å². The zero-order valence-electron chi connectivity index (χ0n) is 13.6. The molecule has 1 aromatic heterocycles. The maximum absolute atomic E-state index is 12.5. The van der Waals surface area contributed by atoms with Crippen molar-refractivity contribution in [3.63, 3.8) is 0 Å². The minimum absolute atomic E-state index is 0.268. The van der Waals surface area contributed by atoms with Crippen molar-refractivity contribution in [3.05, 3.63) is 58.9 Å². The Morgan fingerprint density at radius 3 is 2.58 bits per heavy atom. The third-order valence-electron chi connectivity index (χ3n) is 3.64. The molecule has 0 atom stereocenters. The molecule has 0 radical (unpaired) electrons. The average molecular weight is 342 g/mol. The quantitative estimate of drug-likeness (QED) is 0.716. The van der Waals surface area contributed by atoms with Crippen molar-refractivity contribution < 1.29 is 14.3 Å². The number of methoxy groups -OCH3 is 2. The van der Waals surface area contributed by atoms with Gasteiger partial charge in [-0.25, -0.2) is 0 Å². The molecule has 2 aromatic carbocycles. The second-order valence-electron chi connectivity index (χ2n) is 5.14. The number of hydrogen-bond donors (Lipinski definition) is 0. The lowest BCUT2D eigenvalue weighted by Crippen LogP contribution is -2.19. The van der Waals surface area contributed by atoms with Crippen molar-refractivity contribution in [3.8, 4) is 5.75 Å². The predicted molar refractivity (Wildman–Crippen MR) is 94.6 cm³/mol. The Labute approximate surface area is 143 Å². The van der Waals surface area contributed by atoms with Crippen molar-refractivity contribution in [1.29, 1.82) is 0 Å². The molecule has 0 fully saturated rings. The summed E-state index contributed by atoms with van der Waals surface area (Å²) in [6, 6.07) is 15.0. The highest BCUT2D eigenvalue weighted by Gasteiger charge is 2.09. The van der Waals surface area contributed by atoms with Gasteiger partial charge in [-0.05, 0) is 36.4 Å². The molecule has 0 unspecified atom stereocenters. The molecule has 6 heteroatoms. The van der Waals surface area contributed by atoms with Gasteiger partial charge in [-0.15, -0.1) is 0 Å². The molecule has 0 bridgehead atoms. The number of nitrogens with zero attached hydrogens (tertiary/aromatic N) is 2. The van der Waals surface area contributed by atoms with Gasteiger partial charge in [0, 0.05) is 19.2 Å². The number of carbonyl (C=O) groups excluding carboxylic acids is 1. The molecule has 0 N–H and O–H groups in total. The summed E-state index contributed by atoms with van der Waals surface area (Å²) >= 11 is 1.50. The lowest BCUT2D eigenvalue weighted by Gasteiger charge is -2.04. The molecule has 0 saturated carbocycles. The molecule has 0 spiro atoms. The monoisotopic (exact) mass is 342 g/mol. The summed E-state index contributed by atoms with van der Waals surface area (Å²) in [7, 11) is 3.26. The molecule has 1 amide bonds. The van der Waals surface area contributed by atoms with Crippen LogP contribution in [0.25, 0.3) is 10.2 Å². The normalized spacial score (nSPS) is 11.8. The van der Waals surface area contributed by atoms with Crippen LogP contribution >= 0.6 is 11.3 Å². The van der Waals surface area contributed by atoms with Crippen LogP contribution in [0.1, 0.15) is 10.4 Å². The maximum Gasteiger partial charge on any atom is 0.279 e. The smallest absolute Gasteiger partial charge is 0.279 e. The Bertz CT molecular complexity index is 910. The van der Waals surface area contributed by atoms with Crippen LogP contribution in [0.5, 0.6) is 5.75 Å². The van der Waals surface area contributed by atoms with Gasteiger partial charge < -0.3 is 14.0 Å². The highest BCUT2D eigenvalue weighted by molar-refractivity contribution is 7.16. The number of hydrogen-bond acceptors (Lipinski definition) is 4. The topological polar surface area (TPSA) is 52.8 Å². The fraction of sp³-hybridized carbons (Fsp3) is 0.222. The van der Waals surface area contributed by atoms with Gasteiger partial charge in [0.25, 0.3) is 5.91 Å². The van der Waals surface area contributed by atoms with E-state index in [9.17, 15) is 4.79 Å². The van der Waals surface area contributed by atoms with Crippen molar-refractivity contribution in [2.75, 3.05) is 20.8 Å². The largest absolute Gasteiger partial charge is 0.497 e. The zero-order valence-corrected chi connectivity index (χ0v) is 14.4. The van der Waals surface area contributed by atoms with Crippen LogP contribution in [0.4, 0.5) is 0 Å². The summed E-state index contributed by atoms with van der Waals surface area (Å²) in [6.07, 6.45) is 0. The number of rotatable bonds is 5. The number of ether oxygens (including phenoxy) is 2. The lowest BCUT2D eigenvalue weighted by molar-refractivity contribution is 0.0997. The minimum atomic E-state index is -0.268. The van der Waals surface area contributed by atoms with E-state index in [1.54, 1.807) is 38.5 Å². The number of fused-ring (bicyclic) bond motifs is 1. The molecule has 0 aliphatic carbocycles.